The number of hydrogen-bond acceptors (Lipinski definition) is 10. The number of H-pyrrole nitrogens is 2. The number of hydrogen-bond donors (Lipinski definition) is 9. The van der Waals surface area contributed by atoms with E-state index in [0.29, 0.717) is 23.8 Å². The number of nitrogens with zero attached hydrogens (tertiary/aromatic N) is 3. The summed E-state index contributed by atoms with van der Waals surface area (Å²) in [5.74, 6) is -2.97. The summed E-state index contributed by atoms with van der Waals surface area (Å²) in [6.45, 7) is 0.0527. The highest BCUT2D eigenvalue weighted by molar-refractivity contribution is 9.13. The topological polar surface area (TPSA) is 222 Å². The van der Waals surface area contributed by atoms with Crippen LogP contribution in [0.2, 0.25) is 0 Å². The number of nitrogens with one attached hydrogen (secondary N) is 5. The van der Waals surface area contributed by atoms with Gasteiger partial charge in [-0.05, 0) is 81.8 Å². The number of aromatic amines is 2. The van der Waals surface area contributed by atoms with E-state index in [2.05, 4.69) is 99.6 Å². The normalized spacial score (nSPS) is 35.0. The Morgan fingerprint density at radius 2 is 1.54 bits per heavy atom. The molecule has 2 fully saturated rings. The van der Waals surface area contributed by atoms with E-state index in [9.17, 15) is 19.8 Å². The van der Waals surface area contributed by atoms with Gasteiger partial charge in [0.2, 0.25) is 0 Å². The third-order valence-corrected chi connectivity index (χ3v) is 12.5. The van der Waals surface area contributed by atoms with Crippen molar-refractivity contribution in [1.82, 2.24) is 30.8 Å². The SMILES string of the molecule is NC1=N[C@@H]2N3C(N)=N[C@H](O)[C@@]34C(Cl)[C@@H](CNC(=O)c3cc(Br)c(Br)[nH]3)[C@H](CNC(=O)c3cc(Br)c(Br)[nH]3)[C@H]4C2(O)N1. The Kier molecular flexibility index (Phi) is 7.22. The lowest BCUT2D eigenvalue weighted by Gasteiger charge is -2.39. The maximum Gasteiger partial charge on any atom is 0.267 e. The number of aliphatic hydroxyl groups excluding tert-OH is 1. The standard InChI is InChI=1S/C22H23Br4ClN10O4/c23-7-1-9(32-13(7)25)15(38)30-3-5-6(4-31-16(39)10-2-8(24)14(26)33-10)12(27)21-11(5)22(41)17(34-19(28)36-22)37(21)20(29)35-18(21)40/h1-2,5-6,11-12,17-18,32-33,40-41H,3-4H2,(H2,29,35)(H,30,38)(H,31,39)(H3,28,34,36)/t5-,6-,11+,12?,17+,18+,21+,22?/m0/s1. The second-order valence-corrected chi connectivity index (χ2v) is 14.0. The number of nitrogens with two attached hydrogens (primary N) is 2. The number of alkyl halides is 1. The van der Waals surface area contributed by atoms with E-state index in [4.69, 9.17) is 23.1 Å². The number of fused-ring (bicyclic) bond motifs is 3. The number of guanidine groups is 2. The second kappa shape index (κ2) is 10.1. The fourth-order valence-electron chi connectivity index (χ4n) is 6.75. The zero-order valence-electron chi connectivity index (χ0n) is 20.6. The Bertz CT molecular complexity index is 1480. The molecule has 2 amide bonds. The van der Waals surface area contributed by atoms with Gasteiger partial charge in [0, 0.05) is 24.9 Å². The molecule has 220 valence electrons. The van der Waals surface area contributed by atoms with Crippen molar-refractivity contribution in [3.05, 3.63) is 41.7 Å². The quantitative estimate of drug-likeness (QED) is 0.188. The number of carbonyl (C=O) groups excluding carboxylic acids is 2. The van der Waals surface area contributed by atoms with Gasteiger partial charge in [0.05, 0.1) is 23.5 Å². The maximum absolute atomic E-state index is 13.1. The highest BCUT2D eigenvalue weighted by Gasteiger charge is 2.82. The molecule has 14 nitrogen and oxygen atoms in total. The van der Waals surface area contributed by atoms with E-state index in [1.165, 1.54) is 4.90 Å². The molecule has 19 heteroatoms. The minimum Gasteiger partial charge on any atom is -0.370 e. The summed E-state index contributed by atoms with van der Waals surface area (Å²) in [4.78, 5) is 42.1. The fraction of sp³-hybridized carbons (Fsp3) is 0.455. The monoisotopic (exact) mass is 842 g/mol. The van der Waals surface area contributed by atoms with Crippen LogP contribution in [0.1, 0.15) is 21.0 Å². The second-order valence-electron chi connectivity index (χ2n) is 10.3. The van der Waals surface area contributed by atoms with Crippen LogP contribution in [0.4, 0.5) is 0 Å². The lowest BCUT2D eigenvalue weighted by Crippen LogP contribution is -2.61. The van der Waals surface area contributed by atoms with E-state index < -0.39 is 58.6 Å². The van der Waals surface area contributed by atoms with Crippen molar-refractivity contribution < 1.29 is 19.8 Å². The Morgan fingerprint density at radius 3 is 2.05 bits per heavy atom. The summed E-state index contributed by atoms with van der Waals surface area (Å²) < 4.78 is 2.54. The van der Waals surface area contributed by atoms with Crippen molar-refractivity contribution in [2.75, 3.05) is 13.1 Å². The molecular formula is C22H23Br4ClN10O4. The molecule has 0 aromatic carbocycles. The number of aromatic nitrogens is 2. The molecule has 0 bridgehead atoms. The summed E-state index contributed by atoms with van der Waals surface area (Å²) in [6.07, 6.45) is -2.44. The van der Waals surface area contributed by atoms with Gasteiger partial charge in [-0.2, -0.15) is 0 Å². The molecule has 1 spiro atoms. The van der Waals surface area contributed by atoms with Crippen LogP contribution in [0.25, 0.3) is 0 Å². The van der Waals surface area contributed by atoms with Gasteiger partial charge in [-0.3, -0.25) is 9.59 Å². The van der Waals surface area contributed by atoms with Gasteiger partial charge in [0.1, 0.15) is 16.9 Å². The number of aliphatic hydroxyl groups is 2. The number of halogens is 5. The number of aliphatic imine (C=N–C) groups is 2. The molecule has 2 unspecified atom stereocenters. The van der Waals surface area contributed by atoms with E-state index in [-0.39, 0.29) is 30.7 Å². The molecule has 2 aromatic rings. The van der Waals surface area contributed by atoms with Crippen LogP contribution < -0.4 is 27.4 Å². The largest absolute Gasteiger partial charge is 0.370 e. The van der Waals surface area contributed by atoms with Crippen LogP contribution in [0, 0.1) is 17.8 Å². The Morgan fingerprint density at radius 1 is 1.00 bits per heavy atom. The molecule has 41 heavy (non-hydrogen) atoms. The third-order valence-electron chi connectivity index (χ3n) is 8.26. The zero-order chi connectivity index (χ0) is 29.6. The van der Waals surface area contributed by atoms with Crippen LogP contribution in [0.15, 0.2) is 40.3 Å². The molecule has 6 rings (SSSR count). The van der Waals surface area contributed by atoms with Gasteiger partial charge in [0.25, 0.3) is 11.8 Å². The first-order valence-electron chi connectivity index (χ1n) is 12.2. The number of carbonyl (C=O) groups is 2. The predicted molar refractivity (Wildman–Crippen MR) is 163 cm³/mol. The van der Waals surface area contributed by atoms with Crippen LogP contribution in [-0.2, 0) is 0 Å². The summed E-state index contributed by atoms with van der Waals surface area (Å²) in [6, 6.07) is 3.24. The predicted octanol–water partition coefficient (Wildman–Crippen LogP) is 0.656. The summed E-state index contributed by atoms with van der Waals surface area (Å²) >= 11 is 20.6. The van der Waals surface area contributed by atoms with Gasteiger partial charge < -0.3 is 52.5 Å². The Hall–Kier alpha value is -1.83. The molecule has 1 saturated carbocycles. The first-order chi connectivity index (χ1) is 19.3. The molecule has 5 heterocycles. The first kappa shape index (κ1) is 29.3. The van der Waals surface area contributed by atoms with Gasteiger partial charge in [-0.25, -0.2) is 9.98 Å². The first-order valence-corrected chi connectivity index (χ1v) is 15.8. The average molecular weight is 847 g/mol. The third kappa shape index (κ3) is 4.19. The van der Waals surface area contributed by atoms with Crippen LogP contribution >= 0.6 is 75.3 Å². The highest BCUT2D eigenvalue weighted by atomic mass is 79.9. The minimum atomic E-state index is -1.80. The van der Waals surface area contributed by atoms with Gasteiger partial charge >= 0.3 is 0 Å². The van der Waals surface area contributed by atoms with Crippen LogP contribution in [0.3, 0.4) is 0 Å². The molecule has 0 radical (unpaired) electrons. The van der Waals surface area contributed by atoms with Crippen molar-refractivity contribution in [2.24, 2.45) is 39.2 Å². The van der Waals surface area contributed by atoms with Gasteiger partial charge in [0.15, 0.2) is 30.0 Å². The van der Waals surface area contributed by atoms with Gasteiger partial charge in [-0.1, -0.05) is 0 Å². The summed E-state index contributed by atoms with van der Waals surface area (Å²) in [5, 5.41) is 31.1. The van der Waals surface area contributed by atoms with E-state index in [1.54, 1.807) is 12.1 Å². The lowest BCUT2D eigenvalue weighted by atomic mass is 9.77. The fourth-order valence-corrected chi connectivity index (χ4v) is 8.69. The van der Waals surface area contributed by atoms with Crippen molar-refractivity contribution in [3.63, 3.8) is 0 Å². The van der Waals surface area contributed by atoms with E-state index in [0.717, 1.165) is 0 Å². The van der Waals surface area contributed by atoms with E-state index >= 15 is 0 Å². The molecule has 4 aliphatic rings. The average Bonchev–Trinajstić information content (AvgIpc) is 3.67. The Labute approximate surface area is 271 Å². The number of rotatable bonds is 6. The molecular weight excluding hydrogens is 823 g/mol. The zero-order valence-corrected chi connectivity index (χ0v) is 27.7. The minimum absolute atomic E-state index is 0.0138. The maximum atomic E-state index is 13.1. The van der Waals surface area contributed by atoms with Crippen molar-refractivity contribution in [2.45, 2.75) is 29.0 Å². The highest BCUT2D eigenvalue weighted by Crippen LogP contribution is 2.63. The van der Waals surface area contributed by atoms with Crippen molar-refractivity contribution in [1.29, 1.82) is 0 Å². The van der Waals surface area contributed by atoms with Gasteiger partial charge in [-0.15, -0.1) is 11.6 Å². The molecule has 3 aliphatic heterocycles. The van der Waals surface area contributed by atoms with Crippen molar-refractivity contribution >= 4 is 99.1 Å². The lowest BCUT2D eigenvalue weighted by molar-refractivity contribution is -0.0560. The molecule has 11 N–H and O–H groups in total. The Balaban J connectivity index is 1.35. The van der Waals surface area contributed by atoms with Crippen molar-refractivity contribution in [3.8, 4) is 0 Å². The smallest absolute Gasteiger partial charge is 0.267 e. The number of amides is 2. The molecule has 2 aromatic heterocycles. The van der Waals surface area contributed by atoms with E-state index in [1.807, 2.05) is 0 Å². The molecule has 8 atom stereocenters. The van der Waals surface area contributed by atoms with Crippen LogP contribution in [-0.4, -0.2) is 90.9 Å². The summed E-state index contributed by atoms with van der Waals surface area (Å²) in [7, 11) is 0. The molecule has 1 aliphatic carbocycles. The summed E-state index contributed by atoms with van der Waals surface area (Å²) in [5.41, 5.74) is 9.60. The van der Waals surface area contributed by atoms with Crippen LogP contribution in [0.5, 0.6) is 0 Å². The molecule has 1 saturated heterocycles.